The molecule has 0 bridgehead atoms. The van der Waals surface area contributed by atoms with Gasteiger partial charge in [0.1, 0.15) is 11.6 Å². The zero-order chi connectivity index (χ0) is 16.0. The van der Waals surface area contributed by atoms with Crippen LogP contribution in [0.25, 0.3) is 0 Å². The van der Waals surface area contributed by atoms with Crippen molar-refractivity contribution in [2.24, 2.45) is 23.0 Å². The van der Waals surface area contributed by atoms with Crippen molar-refractivity contribution >= 4 is 11.9 Å². The van der Waals surface area contributed by atoms with E-state index in [1.165, 1.54) is 0 Å². The first-order chi connectivity index (χ1) is 9.62. The molecule has 2 aliphatic rings. The van der Waals surface area contributed by atoms with Gasteiger partial charge in [-0.25, -0.2) is 4.79 Å². The minimum Gasteiger partial charge on any atom is -0.480 e. The van der Waals surface area contributed by atoms with E-state index in [0.29, 0.717) is 13.0 Å². The molecule has 6 nitrogen and oxygen atoms in total. The number of carbonyl (C=O) groups is 2. The number of nitrogens with one attached hydrogen (secondary N) is 1. The Morgan fingerprint density at radius 3 is 2.57 bits per heavy atom. The Morgan fingerprint density at radius 1 is 1.43 bits per heavy atom. The lowest BCUT2D eigenvalue weighted by Crippen LogP contribution is -2.80. The third kappa shape index (κ3) is 2.34. The molecule has 1 saturated carbocycles. The third-order valence-electron chi connectivity index (χ3n) is 5.14. The van der Waals surface area contributed by atoms with Gasteiger partial charge in [-0.15, -0.1) is 0 Å². The number of nitrogens with two attached hydrogens (primary N) is 1. The minimum absolute atomic E-state index is 0.0124. The van der Waals surface area contributed by atoms with Gasteiger partial charge in [-0.3, -0.25) is 4.79 Å². The molecular weight excluding hydrogens is 272 g/mol. The molecule has 4 atom stereocenters. The maximum atomic E-state index is 12.6. The number of rotatable bonds is 5. The van der Waals surface area contributed by atoms with Crippen molar-refractivity contribution in [3.8, 4) is 0 Å². The molecule has 4 unspecified atom stereocenters. The Bertz CT molecular complexity index is 449. The molecule has 0 spiro atoms. The van der Waals surface area contributed by atoms with Crippen LogP contribution in [0.4, 0.5) is 0 Å². The van der Waals surface area contributed by atoms with E-state index in [1.54, 1.807) is 0 Å². The van der Waals surface area contributed by atoms with Crippen LogP contribution in [0.2, 0.25) is 0 Å². The molecule has 1 amide bonds. The standard InChI is InChI=1S/C15H26N2O4/c1-8(2)7-10(12(18)19)17-13(20)15(16)9-5-6-21-11(9)14(15,3)4/h8-11H,5-7,16H2,1-4H3,(H,17,20)(H,18,19). The summed E-state index contributed by atoms with van der Waals surface area (Å²) in [6.45, 7) is 8.29. The summed E-state index contributed by atoms with van der Waals surface area (Å²) in [7, 11) is 0. The van der Waals surface area contributed by atoms with Crippen LogP contribution in [-0.2, 0) is 14.3 Å². The van der Waals surface area contributed by atoms with Crippen LogP contribution in [-0.4, -0.2) is 41.3 Å². The molecule has 120 valence electrons. The Kier molecular flexibility index (Phi) is 4.06. The number of carbonyl (C=O) groups excluding carboxylic acids is 1. The summed E-state index contributed by atoms with van der Waals surface area (Å²) in [5.74, 6) is -1.23. The van der Waals surface area contributed by atoms with E-state index in [4.69, 9.17) is 10.5 Å². The molecule has 1 saturated heterocycles. The van der Waals surface area contributed by atoms with E-state index >= 15 is 0 Å². The predicted octanol–water partition coefficient (Wildman–Crippen LogP) is 0.744. The molecule has 21 heavy (non-hydrogen) atoms. The number of carboxylic acids is 1. The van der Waals surface area contributed by atoms with Crippen LogP contribution in [0.15, 0.2) is 0 Å². The van der Waals surface area contributed by atoms with Crippen LogP contribution in [0.3, 0.4) is 0 Å². The van der Waals surface area contributed by atoms with Gasteiger partial charge in [-0.05, 0) is 18.8 Å². The average Bonchev–Trinajstić information content (AvgIpc) is 2.84. The molecule has 0 aromatic carbocycles. The van der Waals surface area contributed by atoms with Gasteiger partial charge in [-0.1, -0.05) is 27.7 Å². The van der Waals surface area contributed by atoms with E-state index in [-0.39, 0.29) is 23.8 Å². The number of fused-ring (bicyclic) bond motifs is 1. The van der Waals surface area contributed by atoms with E-state index < -0.39 is 23.0 Å². The summed E-state index contributed by atoms with van der Waals surface area (Å²) in [5.41, 5.74) is 4.86. The second kappa shape index (κ2) is 5.25. The SMILES string of the molecule is CC(C)CC(NC(=O)C1(N)C2CCOC2C1(C)C)C(=O)O. The highest BCUT2D eigenvalue weighted by Crippen LogP contribution is 2.58. The first-order valence-corrected chi connectivity index (χ1v) is 7.56. The van der Waals surface area contributed by atoms with Gasteiger partial charge in [0.2, 0.25) is 5.91 Å². The number of aliphatic carboxylic acids is 1. The molecule has 1 heterocycles. The fourth-order valence-electron chi connectivity index (χ4n) is 3.82. The summed E-state index contributed by atoms with van der Waals surface area (Å²) >= 11 is 0. The molecule has 0 radical (unpaired) electrons. The van der Waals surface area contributed by atoms with Crippen LogP contribution >= 0.6 is 0 Å². The molecule has 2 fully saturated rings. The average molecular weight is 298 g/mol. The van der Waals surface area contributed by atoms with Gasteiger partial charge in [-0.2, -0.15) is 0 Å². The summed E-state index contributed by atoms with van der Waals surface area (Å²) in [5, 5.41) is 11.9. The van der Waals surface area contributed by atoms with Crippen molar-refractivity contribution in [1.82, 2.24) is 5.32 Å². The quantitative estimate of drug-likeness (QED) is 0.695. The lowest BCUT2D eigenvalue weighted by Gasteiger charge is -2.60. The molecule has 6 heteroatoms. The fourth-order valence-corrected chi connectivity index (χ4v) is 3.82. The molecular formula is C15H26N2O4. The van der Waals surface area contributed by atoms with Crippen molar-refractivity contribution < 1.29 is 19.4 Å². The Balaban J connectivity index is 2.13. The molecule has 1 aliphatic carbocycles. The van der Waals surface area contributed by atoms with Crippen LogP contribution in [0.1, 0.15) is 40.5 Å². The van der Waals surface area contributed by atoms with Gasteiger partial charge in [0, 0.05) is 17.9 Å². The van der Waals surface area contributed by atoms with E-state index in [9.17, 15) is 14.7 Å². The predicted molar refractivity (Wildman–Crippen MR) is 77.6 cm³/mol. The lowest BCUT2D eigenvalue weighted by atomic mass is 9.48. The zero-order valence-corrected chi connectivity index (χ0v) is 13.2. The van der Waals surface area contributed by atoms with Gasteiger partial charge in [0.15, 0.2) is 0 Å². The Labute approximate surface area is 125 Å². The summed E-state index contributed by atoms with van der Waals surface area (Å²) in [4.78, 5) is 24.0. The van der Waals surface area contributed by atoms with Crippen LogP contribution < -0.4 is 11.1 Å². The number of carboxylic acid groups (broad SMARTS) is 1. The second-order valence-electron chi connectivity index (χ2n) is 7.27. The third-order valence-corrected chi connectivity index (χ3v) is 5.14. The summed E-state index contributed by atoms with van der Waals surface area (Å²) in [6, 6.07) is -0.893. The molecule has 4 N–H and O–H groups in total. The van der Waals surface area contributed by atoms with Gasteiger partial charge < -0.3 is 20.9 Å². The summed E-state index contributed by atoms with van der Waals surface area (Å²) in [6.07, 6.45) is 1.13. The number of ether oxygens (including phenoxy) is 1. The Hall–Kier alpha value is -1.14. The first kappa shape index (κ1) is 16.2. The number of hydrogen-bond acceptors (Lipinski definition) is 4. The maximum Gasteiger partial charge on any atom is 0.326 e. The Morgan fingerprint density at radius 2 is 2.05 bits per heavy atom. The van der Waals surface area contributed by atoms with Gasteiger partial charge in [0.25, 0.3) is 0 Å². The van der Waals surface area contributed by atoms with Gasteiger partial charge >= 0.3 is 5.97 Å². The van der Waals surface area contributed by atoms with Crippen LogP contribution in [0, 0.1) is 17.3 Å². The topological polar surface area (TPSA) is 102 Å². The van der Waals surface area contributed by atoms with Crippen molar-refractivity contribution in [3.05, 3.63) is 0 Å². The number of amides is 1. The number of hydrogen-bond donors (Lipinski definition) is 3. The minimum atomic E-state index is -1.06. The normalized spacial score (nSPS) is 35.0. The van der Waals surface area contributed by atoms with Crippen molar-refractivity contribution in [3.63, 3.8) is 0 Å². The molecule has 0 aromatic heterocycles. The second-order valence-corrected chi connectivity index (χ2v) is 7.27. The first-order valence-electron chi connectivity index (χ1n) is 7.56. The molecule has 2 rings (SSSR count). The highest BCUT2D eigenvalue weighted by molar-refractivity contribution is 5.92. The highest BCUT2D eigenvalue weighted by Gasteiger charge is 2.71. The fraction of sp³-hybridized carbons (Fsp3) is 0.867. The highest BCUT2D eigenvalue weighted by atomic mass is 16.5. The van der Waals surface area contributed by atoms with E-state index in [1.807, 2.05) is 27.7 Å². The smallest absolute Gasteiger partial charge is 0.326 e. The largest absolute Gasteiger partial charge is 0.480 e. The van der Waals surface area contributed by atoms with Crippen LogP contribution in [0.5, 0.6) is 0 Å². The van der Waals surface area contributed by atoms with E-state index in [2.05, 4.69) is 5.32 Å². The maximum absolute atomic E-state index is 12.6. The molecule has 0 aromatic rings. The lowest BCUT2D eigenvalue weighted by molar-refractivity contribution is -0.177. The van der Waals surface area contributed by atoms with Crippen molar-refractivity contribution in [1.29, 1.82) is 0 Å². The van der Waals surface area contributed by atoms with E-state index in [0.717, 1.165) is 6.42 Å². The van der Waals surface area contributed by atoms with Gasteiger partial charge in [0.05, 0.1) is 6.10 Å². The molecule has 1 aliphatic heterocycles. The van der Waals surface area contributed by atoms with Crippen molar-refractivity contribution in [2.75, 3.05) is 6.61 Å². The summed E-state index contributed by atoms with van der Waals surface area (Å²) < 4.78 is 5.65. The monoisotopic (exact) mass is 298 g/mol. The van der Waals surface area contributed by atoms with Crippen molar-refractivity contribution in [2.45, 2.75) is 58.2 Å². The zero-order valence-electron chi connectivity index (χ0n) is 13.2.